The Morgan fingerprint density at radius 1 is 1.00 bits per heavy atom. The molecular weight excluding hydrogens is 334 g/mol. The Bertz CT molecular complexity index is 378. The van der Waals surface area contributed by atoms with Gasteiger partial charge in [0, 0.05) is 0 Å². The van der Waals surface area contributed by atoms with Crippen molar-refractivity contribution in [2.75, 3.05) is 19.4 Å². The van der Waals surface area contributed by atoms with E-state index in [0.29, 0.717) is 0 Å². The molecular formula is C9H15F7NO3P. The number of rotatable bonds is 8. The highest BCUT2D eigenvalue weighted by Crippen LogP contribution is 2.53. The number of hydrogen-bond acceptors (Lipinski definition) is 4. The van der Waals surface area contributed by atoms with E-state index in [2.05, 4.69) is 9.05 Å². The zero-order valence-corrected chi connectivity index (χ0v) is 12.0. The molecule has 0 aliphatic heterocycles. The standard InChI is InChI=1S/C9H15F7NO3P/c1-3-19-21(18,20-4-2)5-6(17)7(10,11)8(12,13)9(14,15)16/h6H,3-5,17H2,1-2H3. The molecule has 0 rings (SSSR count). The Morgan fingerprint density at radius 3 is 1.67 bits per heavy atom. The molecule has 2 N–H and O–H groups in total. The molecule has 0 aliphatic carbocycles. The monoisotopic (exact) mass is 349 g/mol. The normalized spacial score (nSPS) is 16.1. The number of hydrogen-bond donors (Lipinski definition) is 1. The molecule has 0 saturated carbocycles. The van der Waals surface area contributed by atoms with Crippen LogP contribution in [0.15, 0.2) is 0 Å². The molecule has 21 heavy (non-hydrogen) atoms. The molecule has 0 fully saturated rings. The Morgan fingerprint density at radius 2 is 1.38 bits per heavy atom. The van der Waals surface area contributed by atoms with Crippen molar-refractivity contribution in [1.29, 1.82) is 0 Å². The summed E-state index contributed by atoms with van der Waals surface area (Å²) in [6.45, 7) is 2.04. The second kappa shape index (κ2) is 6.80. The van der Waals surface area contributed by atoms with E-state index in [4.69, 9.17) is 5.73 Å². The van der Waals surface area contributed by atoms with Gasteiger partial charge < -0.3 is 14.8 Å². The van der Waals surface area contributed by atoms with Gasteiger partial charge in [-0.15, -0.1) is 0 Å². The zero-order valence-electron chi connectivity index (χ0n) is 11.1. The van der Waals surface area contributed by atoms with E-state index in [0.717, 1.165) is 0 Å². The highest BCUT2D eigenvalue weighted by atomic mass is 31.2. The van der Waals surface area contributed by atoms with Crippen molar-refractivity contribution in [3.8, 4) is 0 Å². The maximum Gasteiger partial charge on any atom is 0.459 e. The summed E-state index contributed by atoms with van der Waals surface area (Å²) in [6, 6.07) is -3.07. The Kier molecular flexibility index (Phi) is 6.68. The zero-order chi connectivity index (χ0) is 17.1. The minimum atomic E-state index is -6.50. The van der Waals surface area contributed by atoms with Crippen molar-refractivity contribution in [1.82, 2.24) is 0 Å². The Hall–Kier alpha value is -0.380. The third kappa shape index (κ3) is 4.54. The lowest BCUT2D eigenvalue weighted by atomic mass is 10.1. The van der Waals surface area contributed by atoms with Gasteiger partial charge in [-0.25, -0.2) is 0 Å². The van der Waals surface area contributed by atoms with Crippen LogP contribution in [0.2, 0.25) is 0 Å². The number of halogens is 7. The maximum absolute atomic E-state index is 13.3. The van der Waals surface area contributed by atoms with Crippen LogP contribution >= 0.6 is 7.60 Å². The fraction of sp³-hybridized carbons (Fsp3) is 1.00. The molecule has 128 valence electrons. The third-order valence-electron chi connectivity index (χ3n) is 2.31. The second-order valence-corrected chi connectivity index (χ2v) is 6.03. The Balaban J connectivity index is 5.31. The van der Waals surface area contributed by atoms with E-state index in [1.54, 1.807) is 0 Å². The largest absolute Gasteiger partial charge is 0.459 e. The maximum atomic E-state index is 13.3. The summed E-state index contributed by atoms with van der Waals surface area (Å²) >= 11 is 0. The lowest BCUT2D eigenvalue weighted by molar-refractivity contribution is -0.357. The van der Waals surface area contributed by atoms with E-state index in [1.807, 2.05) is 0 Å². The summed E-state index contributed by atoms with van der Waals surface area (Å²) < 4.78 is 109. The summed E-state index contributed by atoms with van der Waals surface area (Å²) in [4.78, 5) is 0. The minimum Gasteiger partial charge on any atom is -0.322 e. The van der Waals surface area contributed by atoms with Gasteiger partial charge >= 0.3 is 25.6 Å². The van der Waals surface area contributed by atoms with Gasteiger partial charge in [0.2, 0.25) is 0 Å². The minimum absolute atomic E-state index is 0.286. The molecule has 1 unspecified atom stereocenters. The highest BCUT2D eigenvalue weighted by molar-refractivity contribution is 7.53. The van der Waals surface area contributed by atoms with Crippen molar-refractivity contribution >= 4 is 7.60 Å². The van der Waals surface area contributed by atoms with Crippen molar-refractivity contribution < 1.29 is 44.3 Å². The van der Waals surface area contributed by atoms with Gasteiger partial charge in [-0.1, -0.05) is 0 Å². The molecule has 0 saturated heterocycles. The van der Waals surface area contributed by atoms with Crippen molar-refractivity contribution in [2.24, 2.45) is 5.73 Å². The van der Waals surface area contributed by atoms with Crippen LogP contribution < -0.4 is 5.73 Å². The van der Waals surface area contributed by atoms with E-state index in [1.165, 1.54) is 13.8 Å². The molecule has 0 spiro atoms. The van der Waals surface area contributed by atoms with Gasteiger partial charge in [0.15, 0.2) is 0 Å². The van der Waals surface area contributed by atoms with Gasteiger partial charge in [0.05, 0.1) is 25.4 Å². The summed E-state index contributed by atoms with van der Waals surface area (Å²) in [5.41, 5.74) is 4.72. The summed E-state index contributed by atoms with van der Waals surface area (Å²) in [5.74, 6) is -12.0. The van der Waals surface area contributed by atoms with Crippen LogP contribution in [0, 0.1) is 0 Å². The van der Waals surface area contributed by atoms with Crippen LogP contribution in [0.3, 0.4) is 0 Å². The predicted molar refractivity (Wildman–Crippen MR) is 59.6 cm³/mol. The molecule has 1 atom stereocenters. The SMILES string of the molecule is CCOP(=O)(CC(N)C(F)(F)C(F)(F)C(F)(F)F)OCC. The summed E-state index contributed by atoms with van der Waals surface area (Å²) in [5, 5.41) is 0. The molecule has 0 aromatic heterocycles. The molecule has 0 aliphatic rings. The lowest BCUT2D eigenvalue weighted by Crippen LogP contribution is -2.61. The fourth-order valence-electron chi connectivity index (χ4n) is 1.31. The molecule has 0 amide bonds. The van der Waals surface area contributed by atoms with Crippen LogP contribution in [-0.4, -0.2) is 43.4 Å². The summed E-state index contributed by atoms with van der Waals surface area (Å²) in [6.07, 6.45) is -7.98. The van der Waals surface area contributed by atoms with E-state index in [9.17, 15) is 35.3 Å². The first-order valence-corrected chi connectivity index (χ1v) is 7.44. The van der Waals surface area contributed by atoms with Gasteiger partial charge in [0.1, 0.15) is 0 Å². The average molecular weight is 349 g/mol. The molecule has 12 heteroatoms. The molecule has 0 bridgehead atoms. The van der Waals surface area contributed by atoms with Crippen LogP contribution in [0.5, 0.6) is 0 Å². The highest BCUT2D eigenvalue weighted by Gasteiger charge is 2.75. The first kappa shape index (κ1) is 20.6. The van der Waals surface area contributed by atoms with Crippen molar-refractivity contribution in [3.05, 3.63) is 0 Å². The van der Waals surface area contributed by atoms with Gasteiger partial charge in [0.25, 0.3) is 0 Å². The second-order valence-electron chi connectivity index (χ2n) is 3.93. The topological polar surface area (TPSA) is 61.5 Å². The first-order valence-electron chi connectivity index (χ1n) is 5.71. The van der Waals surface area contributed by atoms with Gasteiger partial charge in [-0.2, -0.15) is 30.7 Å². The van der Waals surface area contributed by atoms with Crippen molar-refractivity contribution in [2.45, 2.75) is 37.9 Å². The molecule has 4 nitrogen and oxygen atoms in total. The fourth-order valence-corrected chi connectivity index (χ4v) is 3.10. The molecule has 0 heterocycles. The quantitative estimate of drug-likeness (QED) is 0.539. The van der Waals surface area contributed by atoms with E-state index < -0.39 is 37.8 Å². The Labute approximate surface area is 116 Å². The van der Waals surface area contributed by atoms with Crippen LogP contribution in [0.4, 0.5) is 30.7 Å². The molecule has 0 radical (unpaired) electrons. The molecule has 0 aromatic carbocycles. The van der Waals surface area contributed by atoms with Crippen LogP contribution in [0.1, 0.15) is 13.8 Å². The van der Waals surface area contributed by atoms with E-state index >= 15 is 0 Å². The average Bonchev–Trinajstić information content (AvgIpc) is 2.27. The molecule has 0 aromatic rings. The van der Waals surface area contributed by atoms with Crippen molar-refractivity contribution in [3.63, 3.8) is 0 Å². The predicted octanol–water partition coefficient (Wildman–Crippen LogP) is 3.41. The smallest absolute Gasteiger partial charge is 0.322 e. The van der Waals surface area contributed by atoms with Gasteiger partial charge in [-0.05, 0) is 13.8 Å². The number of alkyl halides is 7. The number of nitrogens with two attached hydrogens (primary N) is 1. The first-order chi connectivity index (χ1) is 9.25. The summed E-state index contributed by atoms with van der Waals surface area (Å²) in [7, 11) is -4.30. The third-order valence-corrected chi connectivity index (χ3v) is 4.46. The lowest BCUT2D eigenvalue weighted by Gasteiger charge is -2.33. The van der Waals surface area contributed by atoms with E-state index in [-0.39, 0.29) is 13.2 Å². The van der Waals surface area contributed by atoms with Gasteiger partial charge in [-0.3, -0.25) is 4.57 Å². The van der Waals surface area contributed by atoms with Crippen LogP contribution in [0.25, 0.3) is 0 Å². The van der Waals surface area contributed by atoms with Crippen LogP contribution in [-0.2, 0) is 13.6 Å².